The van der Waals surface area contributed by atoms with E-state index < -0.39 is 0 Å². The third kappa shape index (κ3) is 3.27. The quantitative estimate of drug-likeness (QED) is 0.867. The first kappa shape index (κ1) is 15.2. The molecule has 0 bridgehead atoms. The van der Waals surface area contributed by atoms with Gasteiger partial charge in [-0.05, 0) is 43.6 Å². The molecule has 2 rings (SSSR count). The van der Waals surface area contributed by atoms with Gasteiger partial charge < -0.3 is 10.5 Å². The molecule has 110 valence electrons. The fourth-order valence-electron chi connectivity index (χ4n) is 2.52. The van der Waals surface area contributed by atoms with Gasteiger partial charge in [0.2, 0.25) is 0 Å². The molecule has 0 aliphatic carbocycles. The Bertz CT molecular complexity index is 499. The van der Waals surface area contributed by atoms with E-state index in [9.17, 15) is 4.39 Å². The molecule has 1 aromatic carbocycles. The van der Waals surface area contributed by atoms with Crippen LogP contribution in [0, 0.1) is 11.2 Å². The molecule has 1 fully saturated rings. The molecule has 1 aliphatic rings. The number of likely N-dealkylation sites (tertiary alicyclic amines) is 1. The summed E-state index contributed by atoms with van der Waals surface area (Å²) in [6.07, 6.45) is 1.92. The van der Waals surface area contributed by atoms with E-state index in [0.29, 0.717) is 4.99 Å². The van der Waals surface area contributed by atoms with Crippen LogP contribution < -0.4 is 10.5 Å². The van der Waals surface area contributed by atoms with Crippen molar-refractivity contribution in [2.45, 2.75) is 26.3 Å². The zero-order valence-electron chi connectivity index (χ0n) is 12.0. The number of nitrogens with zero attached hydrogens (tertiary/aromatic N) is 1. The lowest BCUT2D eigenvalue weighted by Gasteiger charge is -2.38. The first-order valence-electron chi connectivity index (χ1n) is 6.79. The highest BCUT2D eigenvalue weighted by Crippen LogP contribution is 2.31. The molecule has 20 heavy (non-hydrogen) atoms. The van der Waals surface area contributed by atoms with Crippen molar-refractivity contribution in [3.05, 3.63) is 29.6 Å². The summed E-state index contributed by atoms with van der Waals surface area (Å²) in [5.74, 6) is -0.0246. The number of halogens is 1. The van der Waals surface area contributed by atoms with E-state index in [1.54, 1.807) is 12.1 Å². The van der Waals surface area contributed by atoms with E-state index in [2.05, 4.69) is 11.8 Å². The Labute approximate surface area is 124 Å². The van der Waals surface area contributed by atoms with Crippen molar-refractivity contribution in [2.75, 3.05) is 20.2 Å². The number of ether oxygens (including phenoxy) is 1. The monoisotopic (exact) mass is 296 g/mol. The average molecular weight is 296 g/mol. The first-order valence-corrected chi connectivity index (χ1v) is 7.20. The second-order valence-corrected chi connectivity index (χ2v) is 6.11. The van der Waals surface area contributed by atoms with Crippen LogP contribution in [0.1, 0.15) is 25.3 Å². The lowest BCUT2D eigenvalue weighted by Crippen LogP contribution is -2.44. The second-order valence-electron chi connectivity index (χ2n) is 5.67. The number of methoxy groups -OCH3 is 1. The highest BCUT2D eigenvalue weighted by molar-refractivity contribution is 7.80. The molecule has 0 unspecified atom stereocenters. The maximum Gasteiger partial charge on any atom is 0.165 e. The van der Waals surface area contributed by atoms with Crippen molar-refractivity contribution in [2.24, 2.45) is 11.1 Å². The second kappa shape index (κ2) is 6.06. The van der Waals surface area contributed by atoms with Gasteiger partial charge in [0.05, 0.1) is 12.1 Å². The van der Waals surface area contributed by atoms with E-state index >= 15 is 0 Å². The molecular formula is C15H21FN2OS. The maximum absolute atomic E-state index is 13.7. The van der Waals surface area contributed by atoms with Crippen LogP contribution in [0.15, 0.2) is 18.2 Å². The number of nitrogens with two attached hydrogens (primary N) is 1. The van der Waals surface area contributed by atoms with Gasteiger partial charge >= 0.3 is 0 Å². The van der Waals surface area contributed by atoms with Crippen molar-refractivity contribution in [3.63, 3.8) is 0 Å². The van der Waals surface area contributed by atoms with Crippen LogP contribution in [0.4, 0.5) is 4.39 Å². The molecule has 5 heteroatoms. The molecule has 1 aliphatic heterocycles. The third-order valence-electron chi connectivity index (χ3n) is 4.18. The number of rotatable bonds is 4. The molecule has 1 heterocycles. The van der Waals surface area contributed by atoms with Crippen molar-refractivity contribution in [3.8, 4) is 5.75 Å². The smallest absolute Gasteiger partial charge is 0.165 e. The minimum absolute atomic E-state index is 0.0308. The highest BCUT2D eigenvalue weighted by Gasteiger charge is 2.32. The summed E-state index contributed by atoms with van der Waals surface area (Å²) < 4.78 is 18.6. The van der Waals surface area contributed by atoms with E-state index in [1.165, 1.54) is 7.11 Å². The fraction of sp³-hybridized carbons (Fsp3) is 0.533. The Morgan fingerprint density at radius 2 is 2.10 bits per heavy atom. The molecule has 0 amide bonds. The van der Waals surface area contributed by atoms with Gasteiger partial charge in [-0.2, -0.15) is 0 Å². The van der Waals surface area contributed by atoms with E-state index in [0.717, 1.165) is 38.0 Å². The topological polar surface area (TPSA) is 38.5 Å². The Morgan fingerprint density at radius 3 is 2.60 bits per heavy atom. The van der Waals surface area contributed by atoms with Crippen LogP contribution in [0.5, 0.6) is 5.75 Å². The maximum atomic E-state index is 13.7. The molecule has 3 nitrogen and oxygen atoms in total. The number of piperidine rings is 1. The Hall–Kier alpha value is -1.20. The predicted octanol–water partition coefficient (Wildman–Crippen LogP) is 2.72. The van der Waals surface area contributed by atoms with Crippen molar-refractivity contribution >= 4 is 17.2 Å². The molecule has 1 saturated heterocycles. The number of thiocarbonyl (C=S) groups is 1. The lowest BCUT2D eigenvalue weighted by atomic mass is 9.80. The van der Waals surface area contributed by atoms with Crippen LogP contribution >= 0.6 is 12.2 Å². The standard InChI is InChI=1S/C15H21FN2OS/c1-15(14(17)20)5-7-18(8-6-15)10-11-3-4-13(19-2)12(16)9-11/h3-4,9H,5-8,10H2,1-2H3,(H2,17,20). The molecule has 0 aromatic heterocycles. The minimum atomic E-state index is -0.310. The summed E-state index contributed by atoms with van der Waals surface area (Å²) in [6.45, 7) is 4.73. The number of benzene rings is 1. The van der Waals surface area contributed by atoms with Gasteiger partial charge in [0.25, 0.3) is 0 Å². The summed E-state index contributed by atoms with van der Waals surface area (Å²) in [6, 6.07) is 5.12. The molecule has 1 aromatic rings. The van der Waals surface area contributed by atoms with Crippen molar-refractivity contribution < 1.29 is 9.13 Å². The Kier molecular flexibility index (Phi) is 4.60. The van der Waals surface area contributed by atoms with Crippen LogP contribution in [0.3, 0.4) is 0 Å². The molecule has 0 atom stereocenters. The molecule has 0 saturated carbocycles. The van der Waals surface area contributed by atoms with Gasteiger partial charge in [0.15, 0.2) is 11.6 Å². The largest absolute Gasteiger partial charge is 0.494 e. The third-order valence-corrected chi connectivity index (χ3v) is 4.67. The van der Waals surface area contributed by atoms with Crippen LogP contribution in [-0.2, 0) is 6.54 Å². The van der Waals surface area contributed by atoms with Gasteiger partial charge in [-0.25, -0.2) is 4.39 Å². The summed E-state index contributed by atoms with van der Waals surface area (Å²) in [5, 5.41) is 0. The predicted molar refractivity (Wildman–Crippen MR) is 82.4 cm³/mol. The zero-order valence-corrected chi connectivity index (χ0v) is 12.8. The fourth-order valence-corrected chi connectivity index (χ4v) is 2.72. The Balaban J connectivity index is 1.96. The molecule has 2 N–H and O–H groups in total. The highest BCUT2D eigenvalue weighted by atomic mass is 32.1. The SMILES string of the molecule is COc1ccc(CN2CCC(C)(C(N)=S)CC2)cc1F. The summed E-state index contributed by atoms with van der Waals surface area (Å²) in [4.78, 5) is 2.91. The zero-order chi connectivity index (χ0) is 14.8. The van der Waals surface area contributed by atoms with Crippen LogP contribution in [-0.4, -0.2) is 30.1 Å². The van der Waals surface area contributed by atoms with Crippen LogP contribution in [0.25, 0.3) is 0 Å². The normalized spacial score (nSPS) is 18.8. The van der Waals surface area contributed by atoms with Gasteiger partial charge in [-0.1, -0.05) is 25.2 Å². The van der Waals surface area contributed by atoms with Gasteiger partial charge in [0.1, 0.15) is 0 Å². The number of hydrogen-bond acceptors (Lipinski definition) is 3. The lowest BCUT2D eigenvalue weighted by molar-refractivity contribution is 0.158. The van der Waals surface area contributed by atoms with E-state index in [4.69, 9.17) is 22.7 Å². The first-order chi connectivity index (χ1) is 9.44. The number of hydrogen-bond donors (Lipinski definition) is 1. The van der Waals surface area contributed by atoms with E-state index in [1.807, 2.05) is 6.07 Å². The molecule has 0 spiro atoms. The van der Waals surface area contributed by atoms with Gasteiger partial charge in [-0.15, -0.1) is 0 Å². The van der Waals surface area contributed by atoms with Crippen molar-refractivity contribution in [1.82, 2.24) is 4.90 Å². The molecular weight excluding hydrogens is 275 g/mol. The van der Waals surface area contributed by atoms with Crippen LogP contribution in [0.2, 0.25) is 0 Å². The van der Waals surface area contributed by atoms with Gasteiger partial charge in [0, 0.05) is 12.0 Å². The summed E-state index contributed by atoms with van der Waals surface area (Å²) >= 11 is 5.14. The summed E-state index contributed by atoms with van der Waals surface area (Å²) in [5.41, 5.74) is 6.73. The van der Waals surface area contributed by atoms with Crippen molar-refractivity contribution in [1.29, 1.82) is 0 Å². The van der Waals surface area contributed by atoms with Gasteiger partial charge in [-0.3, -0.25) is 4.90 Å². The average Bonchev–Trinajstić information content (AvgIpc) is 2.42. The Morgan fingerprint density at radius 1 is 1.45 bits per heavy atom. The van der Waals surface area contributed by atoms with E-state index in [-0.39, 0.29) is 17.0 Å². The summed E-state index contributed by atoms with van der Waals surface area (Å²) in [7, 11) is 1.47. The molecule has 0 radical (unpaired) electrons. The minimum Gasteiger partial charge on any atom is -0.494 e.